The number of nitrogens with two attached hydrogens (primary N) is 1. The molecule has 0 bridgehead atoms. The van der Waals surface area contributed by atoms with Crippen molar-refractivity contribution in [1.82, 2.24) is 4.98 Å². The van der Waals surface area contributed by atoms with Crippen molar-refractivity contribution in [2.24, 2.45) is 0 Å². The van der Waals surface area contributed by atoms with E-state index in [9.17, 15) is 5.11 Å². The summed E-state index contributed by atoms with van der Waals surface area (Å²) in [5.41, 5.74) is 6.26. The first-order valence-corrected chi connectivity index (χ1v) is 5.35. The summed E-state index contributed by atoms with van der Waals surface area (Å²) in [7, 11) is 0. The maximum Gasteiger partial charge on any atom is 0.128 e. The van der Waals surface area contributed by atoms with Crippen LogP contribution in [-0.4, -0.2) is 28.8 Å². The van der Waals surface area contributed by atoms with Gasteiger partial charge in [0.1, 0.15) is 5.82 Å². The second-order valence-corrected chi connectivity index (χ2v) is 4.09. The number of aliphatic hydroxyl groups is 1. The van der Waals surface area contributed by atoms with Crippen molar-refractivity contribution in [2.75, 3.05) is 17.2 Å². The zero-order valence-corrected chi connectivity index (χ0v) is 8.93. The molecule has 0 amide bonds. The Bertz CT molecular complexity index is 323. The third kappa shape index (κ3) is 2.04. The Labute approximate surface area is 89.7 Å². The lowest BCUT2D eigenvalue weighted by Gasteiger charge is -2.27. The van der Waals surface area contributed by atoms with Gasteiger partial charge in [0.25, 0.3) is 0 Å². The zero-order valence-electron chi connectivity index (χ0n) is 8.93. The fourth-order valence-corrected chi connectivity index (χ4v) is 2.15. The zero-order chi connectivity index (χ0) is 10.8. The Morgan fingerprint density at radius 1 is 1.60 bits per heavy atom. The predicted octanol–water partition coefficient (Wildman–Crippen LogP) is 1.01. The van der Waals surface area contributed by atoms with Crippen molar-refractivity contribution < 1.29 is 5.11 Å². The average Bonchev–Trinajstić information content (AvgIpc) is 2.67. The van der Waals surface area contributed by atoms with E-state index in [-0.39, 0.29) is 12.1 Å². The van der Waals surface area contributed by atoms with E-state index in [1.807, 2.05) is 19.1 Å². The van der Waals surface area contributed by atoms with E-state index in [4.69, 9.17) is 5.73 Å². The summed E-state index contributed by atoms with van der Waals surface area (Å²) in [6.45, 7) is 2.80. The van der Waals surface area contributed by atoms with Gasteiger partial charge in [-0.3, -0.25) is 0 Å². The summed E-state index contributed by atoms with van der Waals surface area (Å²) >= 11 is 0. The molecule has 1 aliphatic heterocycles. The maximum atomic E-state index is 9.64. The van der Waals surface area contributed by atoms with Crippen LogP contribution in [-0.2, 0) is 0 Å². The maximum absolute atomic E-state index is 9.64. The first-order chi connectivity index (χ1) is 7.18. The second-order valence-electron chi connectivity index (χ2n) is 4.09. The topological polar surface area (TPSA) is 62.4 Å². The van der Waals surface area contributed by atoms with Gasteiger partial charge in [0.15, 0.2) is 0 Å². The van der Waals surface area contributed by atoms with Crippen LogP contribution in [0.5, 0.6) is 0 Å². The number of aliphatic hydroxyl groups excluding tert-OH is 1. The van der Waals surface area contributed by atoms with Gasteiger partial charge in [0, 0.05) is 6.54 Å². The normalized spacial score (nSPS) is 23.1. The molecule has 1 aromatic rings. The van der Waals surface area contributed by atoms with Crippen LogP contribution in [0.15, 0.2) is 18.3 Å². The summed E-state index contributed by atoms with van der Waals surface area (Å²) in [5.74, 6) is 0.910. The van der Waals surface area contributed by atoms with E-state index in [0.717, 1.165) is 25.2 Å². The molecular formula is C11H17N3O. The van der Waals surface area contributed by atoms with Gasteiger partial charge in [0.05, 0.1) is 24.0 Å². The van der Waals surface area contributed by atoms with Gasteiger partial charge in [-0.2, -0.15) is 0 Å². The van der Waals surface area contributed by atoms with Gasteiger partial charge in [-0.1, -0.05) is 0 Å². The van der Waals surface area contributed by atoms with Crippen molar-refractivity contribution in [1.29, 1.82) is 0 Å². The molecule has 0 aliphatic carbocycles. The first-order valence-electron chi connectivity index (χ1n) is 5.35. The van der Waals surface area contributed by atoms with Crippen LogP contribution >= 0.6 is 0 Å². The monoisotopic (exact) mass is 207 g/mol. The Morgan fingerprint density at radius 2 is 2.40 bits per heavy atom. The van der Waals surface area contributed by atoms with Crippen LogP contribution in [0.2, 0.25) is 0 Å². The van der Waals surface area contributed by atoms with E-state index >= 15 is 0 Å². The minimum absolute atomic E-state index is 0.195. The highest BCUT2D eigenvalue weighted by molar-refractivity contribution is 5.47. The fourth-order valence-electron chi connectivity index (χ4n) is 2.15. The number of aromatic nitrogens is 1. The van der Waals surface area contributed by atoms with Gasteiger partial charge in [-0.05, 0) is 31.9 Å². The summed E-state index contributed by atoms with van der Waals surface area (Å²) in [6.07, 6.45) is 3.49. The van der Waals surface area contributed by atoms with E-state index in [0.29, 0.717) is 5.69 Å². The minimum Gasteiger partial charge on any atom is -0.397 e. The second kappa shape index (κ2) is 4.06. The van der Waals surface area contributed by atoms with Crippen molar-refractivity contribution in [3.05, 3.63) is 18.3 Å². The number of nitrogen functional groups attached to an aromatic ring is 1. The molecule has 15 heavy (non-hydrogen) atoms. The molecule has 1 aromatic heterocycles. The molecule has 0 unspecified atom stereocenters. The Hall–Kier alpha value is -1.29. The van der Waals surface area contributed by atoms with Crippen molar-refractivity contribution in [3.63, 3.8) is 0 Å². The first kappa shape index (κ1) is 10.2. The van der Waals surface area contributed by atoms with Gasteiger partial charge < -0.3 is 15.7 Å². The lowest BCUT2D eigenvalue weighted by atomic mass is 10.1. The number of rotatable bonds is 2. The average molecular weight is 207 g/mol. The number of hydrogen-bond donors (Lipinski definition) is 2. The number of hydrogen-bond acceptors (Lipinski definition) is 4. The number of pyridine rings is 1. The van der Waals surface area contributed by atoms with E-state index in [1.165, 1.54) is 0 Å². The Kier molecular flexibility index (Phi) is 2.77. The largest absolute Gasteiger partial charge is 0.397 e. The number of nitrogens with zero attached hydrogens (tertiary/aromatic N) is 2. The standard InChI is InChI=1S/C11H17N3O/c1-8(15)10-3-2-6-14(10)11-5-4-9(12)7-13-11/h4-5,7-8,10,15H,2-3,6,12H2,1H3/t8-,10+/m0/s1. The summed E-state index contributed by atoms with van der Waals surface area (Å²) in [4.78, 5) is 6.44. The predicted molar refractivity (Wildman–Crippen MR) is 60.7 cm³/mol. The molecule has 1 aliphatic rings. The molecular weight excluding hydrogens is 190 g/mol. The third-order valence-corrected chi connectivity index (χ3v) is 2.92. The van der Waals surface area contributed by atoms with Crippen molar-refractivity contribution in [3.8, 4) is 0 Å². The van der Waals surface area contributed by atoms with E-state index < -0.39 is 0 Å². The van der Waals surface area contributed by atoms with Crippen LogP contribution < -0.4 is 10.6 Å². The minimum atomic E-state index is -0.313. The van der Waals surface area contributed by atoms with E-state index in [2.05, 4.69) is 9.88 Å². The van der Waals surface area contributed by atoms with Gasteiger partial charge in [-0.15, -0.1) is 0 Å². The highest BCUT2D eigenvalue weighted by Crippen LogP contribution is 2.25. The molecule has 2 heterocycles. The van der Waals surface area contributed by atoms with Crippen LogP contribution in [0.3, 0.4) is 0 Å². The highest BCUT2D eigenvalue weighted by atomic mass is 16.3. The molecule has 0 aromatic carbocycles. The third-order valence-electron chi connectivity index (χ3n) is 2.92. The lowest BCUT2D eigenvalue weighted by molar-refractivity contribution is 0.164. The fraction of sp³-hybridized carbons (Fsp3) is 0.545. The highest BCUT2D eigenvalue weighted by Gasteiger charge is 2.28. The molecule has 4 heteroatoms. The molecule has 2 rings (SSSR count). The Balaban J connectivity index is 2.19. The quantitative estimate of drug-likeness (QED) is 0.760. The van der Waals surface area contributed by atoms with Crippen LogP contribution in [0.1, 0.15) is 19.8 Å². The molecule has 0 saturated carbocycles. The summed E-state index contributed by atoms with van der Waals surface area (Å²) in [5, 5.41) is 9.64. The van der Waals surface area contributed by atoms with Gasteiger partial charge in [0.2, 0.25) is 0 Å². The molecule has 82 valence electrons. The number of anilines is 2. The SMILES string of the molecule is C[C@H](O)[C@H]1CCCN1c1ccc(N)cn1. The molecule has 0 spiro atoms. The lowest BCUT2D eigenvalue weighted by Crippen LogP contribution is -2.37. The molecule has 1 saturated heterocycles. The Morgan fingerprint density at radius 3 is 3.00 bits per heavy atom. The molecule has 4 nitrogen and oxygen atoms in total. The van der Waals surface area contributed by atoms with Gasteiger partial charge >= 0.3 is 0 Å². The van der Waals surface area contributed by atoms with Crippen LogP contribution in [0.4, 0.5) is 11.5 Å². The summed E-state index contributed by atoms with van der Waals surface area (Å²) in [6, 6.07) is 3.96. The molecule has 0 radical (unpaired) electrons. The van der Waals surface area contributed by atoms with Crippen molar-refractivity contribution in [2.45, 2.75) is 31.9 Å². The van der Waals surface area contributed by atoms with Gasteiger partial charge in [-0.25, -0.2) is 4.98 Å². The van der Waals surface area contributed by atoms with Crippen molar-refractivity contribution >= 4 is 11.5 Å². The molecule has 3 N–H and O–H groups in total. The van der Waals surface area contributed by atoms with Crippen LogP contribution in [0.25, 0.3) is 0 Å². The van der Waals surface area contributed by atoms with E-state index in [1.54, 1.807) is 6.20 Å². The van der Waals surface area contributed by atoms with Crippen LogP contribution in [0, 0.1) is 0 Å². The molecule has 1 fully saturated rings. The molecule has 2 atom stereocenters. The smallest absolute Gasteiger partial charge is 0.128 e. The summed E-state index contributed by atoms with van der Waals surface area (Å²) < 4.78 is 0.